The number of rotatable bonds is 7. The van der Waals surface area contributed by atoms with Crippen molar-refractivity contribution in [2.75, 3.05) is 18.5 Å². The molecular formula is C11H17N3O3. The summed E-state index contributed by atoms with van der Waals surface area (Å²) < 4.78 is 5.23. The topological polar surface area (TPSA) is 84.3 Å². The minimum absolute atomic E-state index is 0.0202. The molecule has 0 saturated carbocycles. The van der Waals surface area contributed by atoms with E-state index in [1.807, 2.05) is 13.8 Å². The third kappa shape index (κ3) is 5.14. The van der Waals surface area contributed by atoms with Gasteiger partial charge in [-0.3, -0.25) is 4.79 Å². The SMILES string of the molecule is CCOc1ccnc(NCC(C)CC(=O)O)n1. The Kier molecular flexibility index (Phi) is 5.19. The number of aliphatic carboxylic acids is 1. The standard InChI is InChI=1S/C11H17N3O3/c1-3-17-9-4-5-12-11(14-9)13-7-8(2)6-10(15)16/h4-5,8H,3,6-7H2,1-2H3,(H,15,16)(H,12,13,14). The maximum Gasteiger partial charge on any atom is 0.303 e. The van der Waals surface area contributed by atoms with E-state index in [-0.39, 0.29) is 12.3 Å². The monoisotopic (exact) mass is 239 g/mol. The first kappa shape index (κ1) is 13.2. The lowest BCUT2D eigenvalue weighted by molar-refractivity contribution is -0.137. The largest absolute Gasteiger partial charge is 0.481 e. The maximum absolute atomic E-state index is 10.5. The highest BCUT2D eigenvalue weighted by Gasteiger charge is 2.08. The zero-order valence-corrected chi connectivity index (χ0v) is 10.0. The van der Waals surface area contributed by atoms with Gasteiger partial charge in [0.15, 0.2) is 0 Å². The van der Waals surface area contributed by atoms with Crippen LogP contribution in [0.2, 0.25) is 0 Å². The fraction of sp³-hybridized carbons (Fsp3) is 0.545. The number of nitrogens with zero attached hydrogens (tertiary/aromatic N) is 2. The highest BCUT2D eigenvalue weighted by Crippen LogP contribution is 2.09. The van der Waals surface area contributed by atoms with Crippen molar-refractivity contribution in [3.63, 3.8) is 0 Å². The highest BCUT2D eigenvalue weighted by atomic mass is 16.5. The van der Waals surface area contributed by atoms with Crippen molar-refractivity contribution in [1.29, 1.82) is 0 Å². The van der Waals surface area contributed by atoms with Gasteiger partial charge in [-0.25, -0.2) is 4.98 Å². The second-order valence-electron chi connectivity index (χ2n) is 3.74. The Bertz CT molecular complexity index is 371. The van der Waals surface area contributed by atoms with Crippen LogP contribution in [0.15, 0.2) is 12.3 Å². The van der Waals surface area contributed by atoms with Crippen LogP contribution in [0.1, 0.15) is 20.3 Å². The Morgan fingerprint density at radius 1 is 1.65 bits per heavy atom. The molecule has 0 fully saturated rings. The normalized spacial score (nSPS) is 11.9. The number of ether oxygens (including phenoxy) is 1. The molecule has 1 aromatic heterocycles. The molecule has 0 aliphatic heterocycles. The molecule has 0 saturated heterocycles. The molecule has 6 heteroatoms. The van der Waals surface area contributed by atoms with Crippen LogP contribution in [0.25, 0.3) is 0 Å². The summed E-state index contributed by atoms with van der Waals surface area (Å²) in [5.74, 6) is 0.180. The predicted octanol–water partition coefficient (Wildman–Crippen LogP) is 1.40. The second-order valence-corrected chi connectivity index (χ2v) is 3.74. The van der Waals surface area contributed by atoms with Crippen LogP contribution in [-0.4, -0.2) is 34.2 Å². The molecule has 1 aromatic rings. The summed E-state index contributed by atoms with van der Waals surface area (Å²) in [7, 11) is 0. The van der Waals surface area contributed by atoms with Crippen LogP contribution in [0.3, 0.4) is 0 Å². The van der Waals surface area contributed by atoms with Gasteiger partial charge in [-0.1, -0.05) is 6.92 Å². The molecule has 6 nitrogen and oxygen atoms in total. The fourth-order valence-electron chi connectivity index (χ4n) is 1.29. The number of hydrogen-bond acceptors (Lipinski definition) is 5. The summed E-state index contributed by atoms with van der Waals surface area (Å²) in [4.78, 5) is 18.6. The molecule has 1 atom stereocenters. The first-order valence-corrected chi connectivity index (χ1v) is 5.53. The summed E-state index contributed by atoms with van der Waals surface area (Å²) in [6, 6.07) is 1.68. The van der Waals surface area contributed by atoms with Gasteiger partial charge in [0.05, 0.1) is 6.61 Å². The van der Waals surface area contributed by atoms with Crippen molar-refractivity contribution in [3.8, 4) is 5.88 Å². The summed E-state index contributed by atoms with van der Waals surface area (Å²) in [5.41, 5.74) is 0. The number of carboxylic acids is 1. The van der Waals surface area contributed by atoms with E-state index in [2.05, 4.69) is 15.3 Å². The zero-order valence-electron chi connectivity index (χ0n) is 10.0. The summed E-state index contributed by atoms with van der Waals surface area (Å²) in [6.07, 6.45) is 1.72. The molecule has 0 amide bonds. The molecule has 1 rings (SSSR count). The molecule has 0 aliphatic rings. The maximum atomic E-state index is 10.5. The molecule has 17 heavy (non-hydrogen) atoms. The molecular weight excluding hydrogens is 222 g/mol. The van der Waals surface area contributed by atoms with Crippen LogP contribution < -0.4 is 10.1 Å². The molecule has 0 aliphatic carbocycles. The van der Waals surface area contributed by atoms with E-state index in [1.165, 1.54) is 0 Å². The predicted molar refractivity (Wildman–Crippen MR) is 63.1 cm³/mol. The van der Waals surface area contributed by atoms with E-state index in [0.29, 0.717) is 25.0 Å². The van der Waals surface area contributed by atoms with Gasteiger partial charge < -0.3 is 15.2 Å². The smallest absolute Gasteiger partial charge is 0.303 e. The van der Waals surface area contributed by atoms with Crippen LogP contribution in [0.4, 0.5) is 5.95 Å². The van der Waals surface area contributed by atoms with Gasteiger partial charge in [0, 0.05) is 25.2 Å². The van der Waals surface area contributed by atoms with Gasteiger partial charge in [-0.15, -0.1) is 0 Å². The average Bonchev–Trinajstić information content (AvgIpc) is 2.26. The number of hydrogen-bond donors (Lipinski definition) is 2. The van der Waals surface area contributed by atoms with Crippen LogP contribution in [0.5, 0.6) is 5.88 Å². The van der Waals surface area contributed by atoms with E-state index < -0.39 is 5.97 Å². The molecule has 0 bridgehead atoms. The van der Waals surface area contributed by atoms with Crippen molar-refractivity contribution in [2.24, 2.45) is 5.92 Å². The Morgan fingerprint density at radius 2 is 2.41 bits per heavy atom. The fourth-order valence-corrected chi connectivity index (χ4v) is 1.29. The first-order valence-electron chi connectivity index (χ1n) is 5.53. The Balaban J connectivity index is 2.45. The van der Waals surface area contributed by atoms with Crippen molar-refractivity contribution >= 4 is 11.9 Å². The quantitative estimate of drug-likeness (QED) is 0.748. The van der Waals surface area contributed by atoms with E-state index in [1.54, 1.807) is 12.3 Å². The van der Waals surface area contributed by atoms with Crippen molar-refractivity contribution in [3.05, 3.63) is 12.3 Å². The number of carboxylic acid groups (broad SMARTS) is 1. The number of aromatic nitrogens is 2. The van der Waals surface area contributed by atoms with Gasteiger partial charge in [-0.05, 0) is 12.8 Å². The van der Waals surface area contributed by atoms with Crippen molar-refractivity contribution < 1.29 is 14.6 Å². The minimum atomic E-state index is -0.803. The molecule has 0 radical (unpaired) electrons. The first-order chi connectivity index (χ1) is 8.11. The summed E-state index contributed by atoms with van der Waals surface area (Å²) >= 11 is 0. The van der Waals surface area contributed by atoms with Gasteiger partial charge in [-0.2, -0.15) is 4.98 Å². The lowest BCUT2D eigenvalue weighted by Crippen LogP contribution is -2.16. The van der Waals surface area contributed by atoms with E-state index in [0.717, 1.165) is 0 Å². The zero-order chi connectivity index (χ0) is 12.7. The van der Waals surface area contributed by atoms with Crippen LogP contribution in [-0.2, 0) is 4.79 Å². The molecule has 94 valence electrons. The van der Waals surface area contributed by atoms with Gasteiger partial charge >= 0.3 is 5.97 Å². The van der Waals surface area contributed by atoms with Crippen molar-refractivity contribution in [1.82, 2.24) is 9.97 Å². The number of nitrogens with one attached hydrogen (secondary N) is 1. The lowest BCUT2D eigenvalue weighted by atomic mass is 10.1. The molecule has 0 spiro atoms. The molecule has 0 aromatic carbocycles. The van der Waals surface area contributed by atoms with Gasteiger partial charge in [0.25, 0.3) is 0 Å². The van der Waals surface area contributed by atoms with Crippen LogP contribution >= 0.6 is 0 Å². The summed E-state index contributed by atoms with van der Waals surface area (Å²) in [6.45, 7) is 4.80. The number of carbonyl (C=O) groups is 1. The van der Waals surface area contributed by atoms with Gasteiger partial charge in [0.1, 0.15) is 0 Å². The van der Waals surface area contributed by atoms with Gasteiger partial charge in [0.2, 0.25) is 11.8 Å². The minimum Gasteiger partial charge on any atom is -0.481 e. The second kappa shape index (κ2) is 6.67. The van der Waals surface area contributed by atoms with E-state index in [4.69, 9.17) is 9.84 Å². The lowest BCUT2D eigenvalue weighted by Gasteiger charge is -2.10. The number of anilines is 1. The van der Waals surface area contributed by atoms with E-state index in [9.17, 15) is 4.79 Å². The Labute approximate surface area is 100 Å². The van der Waals surface area contributed by atoms with Crippen molar-refractivity contribution in [2.45, 2.75) is 20.3 Å². The third-order valence-electron chi connectivity index (χ3n) is 2.05. The molecule has 1 heterocycles. The summed E-state index contributed by atoms with van der Waals surface area (Å²) in [5, 5.41) is 11.6. The van der Waals surface area contributed by atoms with Crippen LogP contribution in [0, 0.1) is 5.92 Å². The van der Waals surface area contributed by atoms with E-state index >= 15 is 0 Å². The molecule has 2 N–H and O–H groups in total. The third-order valence-corrected chi connectivity index (χ3v) is 2.05. The Hall–Kier alpha value is -1.85. The Morgan fingerprint density at radius 3 is 3.06 bits per heavy atom. The molecule has 1 unspecified atom stereocenters. The highest BCUT2D eigenvalue weighted by molar-refractivity contribution is 5.67. The average molecular weight is 239 g/mol.